The Morgan fingerprint density at radius 1 is 0.762 bits per heavy atom. The normalized spacial score (nSPS) is 15.3. The lowest BCUT2D eigenvalue weighted by atomic mass is 10.2. The molecule has 0 rings (SSSR count). The predicted molar refractivity (Wildman–Crippen MR) is 67.1 cm³/mol. The van der Waals surface area contributed by atoms with Crippen molar-refractivity contribution in [3.05, 3.63) is 4.58 Å². The molecule has 16 heteroatoms. The van der Waals surface area contributed by atoms with Crippen LogP contribution in [0.1, 0.15) is 19.8 Å². The topological polar surface area (TPSA) is 217 Å². The van der Waals surface area contributed by atoms with Crippen molar-refractivity contribution in [1.82, 2.24) is 0 Å². The molecule has 0 saturated carbocycles. The van der Waals surface area contributed by atoms with E-state index in [1.165, 1.54) is 0 Å². The molecule has 4 N–H and O–H groups in total. The summed E-state index contributed by atoms with van der Waals surface area (Å²) in [6.07, 6.45) is -2.08. The van der Waals surface area contributed by atoms with Crippen LogP contribution in [-0.2, 0) is 40.5 Å². The van der Waals surface area contributed by atoms with Crippen LogP contribution in [0.3, 0.4) is 0 Å². The van der Waals surface area contributed by atoms with Crippen LogP contribution in [0.5, 0.6) is 0 Å². The first-order valence-electron chi connectivity index (χ1n) is 4.69. The van der Waals surface area contributed by atoms with E-state index in [4.69, 9.17) is 18.2 Å². The van der Waals surface area contributed by atoms with E-state index in [9.17, 15) is 33.7 Å². The Morgan fingerprint density at radius 2 is 1.05 bits per heavy atom. The van der Waals surface area contributed by atoms with Crippen LogP contribution in [-0.4, -0.2) is 56.0 Å². The Morgan fingerprint density at radius 3 is 1.19 bits per heavy atom. The Kier molecular flexibility index (Phi) is 5.59. The van der Waals surface area contributed by atoms with Crippen molar-refractivity contribution in [3.8, 4) is 0 Å². The highest BCUT2D eigenvalue weighted by atomic mass is 32.3. The highest BCUT2D eigenvalue weighted by molar-refractivity contribution is 8.14. The van der Waals surface area contributed by atoms with Crippen molar-refractivity contribution in [2.24, 2.45) is 0 Å². The maximum atomic E-state index is 11.3. The average Bonchev–Trinajstić information content (AvgIpc) is 2.08. The summed E-state index contributed by atoms with van der Waals surface area (Å²) in [5, 5.41) is 0. The van der Waals surface area contributed by atoms with E-state index in [0.29, 0.717) is 0 Å². The molecular formula is C5H11O12S4. The van der Waals surface area contributed by atoms with Gasteiger partial charge in [0.1, 0.15) is 0 Å². The van der Waals surface area contributed by atoms with Crippen LogP contribution >= 0.6 is 0 Å². The molecule has 127 valence electrons. The van der Waals surface area contributed by atoms with Crippen molar-refractivity contribution < 1.29 is 51.9 Å². The van der Waals surface area contributed by atoms with Gasteiger partial charge in [-0.2, -0.15) is 33.7 Å². The molecule has 0 saturated heterocycles. The van der Waals surface area contributed by atoms with Crippen molar-refractivity contribution >= 4 is 40.5 Å². The van der Waals surface area contributed by atoms with Crippen LogP contribution in [0.25, 0.3) is 0 Å². The van der Waals surface area contributed by atoms with Gasteiger partial charge in [-0.3, -0.25) is 18.2 Å². The lowest BCUT2D eigenvalue weighted by molar-refractivity contribution is 0.408. The second-order valence-corrected chi connectivity index (χ2v) is 10.2. The largest absolute Gasteiger partial charge is 0.301 e. The second kappa shape index (κ2) is 5.69. The van der Waals surface area contributed by atoms with E-state index in [1.54, 1.807) is 0 Å². The summed E-state index contributed by atoms with van der Waals surface area (Å²) >= 11 is 0. The zero-order chi connectivity index (χ0) is 17.5. The molecule has 1 radical (unpaired) electrons. The molecule has 12 nitrogen and oxygen atoms in total. The van der Waals surface area contributed by atoms with E-state index in [1.807, 2.05) is 0 Å². The maximum absolute atomic E-state index is 11.3. The Bertz CT molecular complexity index is 733. The summed E-state index contributed by atoms with van der Waals surface area (Å²) in [5.41, 5.74) is 0. The number of rotatable bonds is 7. The van der Waals surface area contributed by atoms with Crippen molar-refractivity contribution in [3.63, 3.8) is 0 Å². The standard InChI is InChI=1S/C5H11O12S4/c1-2-3-5(20(12,13)14,21(15,16)17)4(18(6,7)8)19(9,10)11/h2-3H2,1H3,(H,6,7,8)(H,9,10,11)(H,12,13,14)(H,15,16,17). The molecule has 0 aliphatic heterocycles. The first kappa shape index (κ1) is 20.6. The van der Waals surface area contributed by atoms with Crippen LogP contribution in [0.4, 0.5) is 0 Å². The fourth-order valence-electron chi connectivity index (χ4n) is 1.56. The van der Waals surface area contributed by atoms with Crippen LogP contribution < -0.4 is 0 Å². The monoisotopic (exact) mass is 391 g/mol. The van der Waals surface area contributed by atoms with Gasteiger partial charge in [0, 0.05) is 0 Å². The molecule has 0 fully saturated rings. The van der Waals surface area contributed by atoms with Gasteiger partial charge in [-0.05, 0) is 6.42 Å². The van der Waals surface area contributed by atoms with Crippen molar-refractivity contribution in [2.45, 2.75) is 23.8 Å². The summed E-state index contributed by atoms with van der Waals surface area (Å²) in [6, 6.07) is 0. The van der Waals surface area contributed by atoms with Gasteiger partial charge < -0.3 is 0 Å². The fraction of sp³-hybridized carbons (Fsp3) is 0.800. The lowest BCUT2D eigenvalue weighted by Crippen LogP contribution is -2.55. The van der Waals surface area contributed by atoms with Crippen LogP contribution in [0.15, 0.2) is 0 Å². The minimum absolute atomic E-state index is 0.589. The van der Waals surface area contributed by atoms with Gasteiger partial charge in [0.05, 0.1) is 0 Å². The molecule has 0 amide bonds. The van der Waals surface area contributed by atoms with Gasteiger partial charge in [0.2, 0.25) is 0 Å². The van der Waals surface area contributed by atoms with Gasteiger partial charge in [-0.1, -0.05) is 13.3 Å². The molecule has 0 unspecified atom stereocenters. The molecule has 0 aliphatic carbocycles. The van der Waals surface area contributed by atoms with E-state index in [2.05, 4.69) is 0 Å². The fourth-order valence-corrected chi connectivity index (χ4v) is 8.55. The number of hydrogen-bond acceptors (Lipinski definition) is 8. The summed E-state index contributed by atoms with van der Waals surface area (Å²) in [4.78, 5) is 0. The zero-order valence-corrected chi connectivity index (χ0v) is 13.4. The first-order chi connectivity index (χ1) is 8.93. The molecule has 0 heterocycles. The van der Waals surface area contributed by atoms with Gasteiger partial charge in [-0.15, -0.1) is 0 Å². The van der Waals surface area contributed by atoms with Gasteiger partial charge in [0.15, 0.2) is 0 Å². The highest BCUT2D eigenvalue weighted by Gasteiger charge is 2.70. The second-order valence-electron chi connectivity index (χ2n) is 3.69. The summed E-state index contributed by atoms with van der Waals surface area (Å²) in [5.74, 6) is 0. The quantitative estimate of drug-likeness (QED) is 0.365. The summed E-state index contributed by atoms with van der Waals surface area (Å²) < 4.78 is 117. The molecule has 0 aliphatic rings. The Hall–Kier alpha value is -0.360. The SMILES string of the molecule is CCCC([C](S(=O)(=O)O)S(=O)(=O)O)(S(=O)(=O)O)S(=O)(=O)O. The van der Waals surface area contributed by atoms with Crippen molar-refractivity contribution in [2.75, 3.05) is 0 Å². The smallest absolute Gasteiger partial charge is 0.284 e. The third kappa shape index (κ3) is 3.89. The van der Waals surface area contributed by atoms with E-state index in [0.717, 1.165) is 6.92 Å². The molecule has 0 spiro atoms. The first-order valence-corrected chi connectivity index (χ1v) is 10.5. The molecule has 0 atom stereocenters. The predicted octanol–water partition coefficient (Wildman–Crippen LogP) is -1.48. The highest BCUT2D eigenvalue weighted by Crippen LogP contribution is 2.43. The van der Waals surface area contributed by atoms with Crippen LogP contribution in [0, 0.1) is 4.58 Å². The molecule has 21 heavy (non-hydrogen) atoms. The molecule has 0 aromatic rings. The van der Waals surface area contributed by atoms with E-state index < -0.39 is 62.0 Å². The van der Waals surface area contributed by atoms with Crippen LogP contribution in [0.2, 0.25) is 0 Å². The Labute approximate surface area is 121 Å². The third-order valence-electron chi connectivity index (χ3n) is 2.19. The summed E-state index contributed by atoms with van der Waals surface area (Å²) in [7, 11) is -24.7. The van der Waals surface area contributed by atoms with Gasteiger partial charge >= 0.3 is 4.58 Å². The minimum atomic E-state index is -6.17. The number of hydrogen-bond donors (Lipinski definition) is 4. The van der Waals surface area contributed by atoms with Gasteiger partial charge in [0.25, 0.3) is 44.6 Å². The average molecular weight is 391 g/mol. The minimum Gasteiger partial charge on any atom is -0.284 e. The molecule has 0 bridgehead atoms. The molecular weight excluding hydrogens is 380 g/mol. The van der Waals surface area contributed by atoms with E-state index in [-0.39, 0.29) is 0 Å². The lowest BCUT2D eigenvalue weighted by Gasteiger charge is -2.29. The maximum Gasteiger partial charge on any atom is 0.301 e. The third-order valence-corrected chi connectivity index (χ3v) is 9.35. The Balaban J connectivity index is 7.27. The van der Waals surface area contributed by atoms with Crippen molar-refractivity contribution in [1.29, 1.82) is 0 Å². The molecule has 0 aromatic heterocycles. The van der Waals surface area contributed by atoms with E-state index >= 15 is 0 Å². The summed E-state index contributed by atoms with van der Waals surface area (Å²) in [6.45, 7) is 1.04. The molecule has 0 aromatic carbocycles. The zero-order valence-electron chi connectivity index (χ0n) is 10.1. The van der Waals surface area contributed by atoms with Gasteiger partial charge in [-0.25, -0.2) is 0 Å².